The van der Waals surface area contributed by atoms with Crippen LogP contribution in [-0.4, -0.2) is 39.9 Å². The summed E-state index contributed by atoms with van der Waals surface area (Å²) in [4.78, 5) is 0. The fourth-order valence-corrected chi connectivity index (χ4v) is 1.19. The molecule has 1 rings (SSSR count). The summed E-state index contributed by atoms with van der Waals surface area (Å²) in [7, 11) is 0. The van der Waals surface area contributed by atoms with Gasteiger partial charge in [0.1, 0.15) is 6.10 Å². The van der Waals surface area contributed by atoms with Gasteiger partial charge in [-0.3, -0.25) is 0 Å². The topological polar surface area (TPSA) is 69.9 Å². The van der Waals surface area contributed by atoms with Gasteiger partial charge in [0.25, 0.3) is 0 Å². The molecule has 0 bridgehead atoms. The van der Waals surface area contributed by atoms with Crippen LogP contribution in [0.5, 0.6) is 0 Å². The van der Waals surface area contributed by atoms with Crippen molar-refractivity contribution in [2.45, 2.75) is 44.4 Å². The summed E-state index contributed by atoms with van der Waals surface area (Å²) < 4.78 is 4.96. The molecule has 4 heteroatoms. The van der Waals surface area contributed by atoms with Crippen molar-refractivity contribution in [2.24, 2.45) is 0 Å². The number of hydrogen-bond acceptors (Lipinski definition) is 4. The molecule has 4 nitrogen and oxygen atoms in total. The fourth-order valence-electron chi connectivity index (χ4n) is 1.19. The van der Waals surface area contributed by atoms with Gasteiger partial charge < -0.3 is 20.1 Å². The van der Waals surface area contributed by atoms with Gasteiger partial charge >= 0.3 is 0 Å². The minimum absolute atomic E-state index is 0.136. The van der Waals surface area contributed by atoms with Gasteiger partial charge in [-0.15, -0.1) is 0 Å². The second-order valence-electron chi connectivity index (χ2n) is 2.85. The Kier molecular flexibility index (Phi) is 2.84. The molecular weight excluding hydrogens is 148 g/mol. The first-order chi connectivity index (χ1) is 5.15. The van der Waals surface area contributed by atoms with E-state index in [-0.39, 0.29) is 6.10 Å². The number of ether oxygens (including phenoxy) is 1. The molecule has 66 valence electrons. The maximum atomic E-state index is 9.16. The number of aliphatic hydroxyl groups is 3. The van der Waals surface area contributed by atoms with Gasteiger partial charge in [-0.1, -0.05) is 6.92 Å². The van der Waals surface area contributed by atoms with Crippen molar-refractivity contribution in [3.63, 3.8) is 0 Å². The molecule has 4 atom stereocenters. The Morgan fingerprint density at radius 1 is 1.36 bits per heavy atom. The van der Waals surface area contributed by atoms with E-state index >= 15 is 0 Å². The minimum Gasteiger partial charge on any atom is -0.390 e. The first-order valence-corrected chi connectivity index (χ1v) is 3.84. The zero-order valence-electron chi connectivity index (χ0n) is 6.47. The summed E-state index contributed by atoms with van der Waals surface area (Å²) in [5, 5.41) is 27.2. The van der Waals surface area contributed by atoms with Crippen LogP contribution in [0.4, 0.5) is 0 Å². The van der Waals surface area contributed by atoms with Crippen LogP contribution in [0, 0.1) is 0 Å². The van der Waals surface area contributed by atoms with E-state index in [9.17, 15) is 0 Å². The maximum absolute atomic E-state index is 9.16. The molecule has 11 heavy (non-hydrogen) atoms. The lowest BCUT2D eigenvalue weighted by Crippen LogP contribution is -2.47. The van der Waals surface area contributed by atoms with Crippen LogP contribution in [0.15, 0.2) is 0 Å². The van der Waals surface area contributed by atoms with Crippen molar-refractivity contribution >= 4 is 0 Å². The van der Waals surface area contributed by atoms with E-state index in [2.05, 4.69) is 0 Å². The molecule has 0 aromatic rings. The molecule has 0 aromatic heterocycles. The molecule has 1 aliphatic heterocycles. The molecule has 0 amide bonds. The SMILES string of the molecule is CC[C@@H]1C[C@H](O)[C@H](O)[C@@H](O)O1. The summed E-state index contributed by atoms with van der Waals surface area (Å²) in [6.07, 6.45) is -2.25. The van der Waals surface area contributed by atoms with Crippen LogP contribution in [0.2, 0.25) is 0 Å². The largest absolute Gasteiger partial charge is 0.390 e. The number of hydrogen-bond donors (Lipinski definition) is 3. The molecule has 1 fully saturated rings. The first-order valence-electron chi connectivity index (χ1n) is 3.84. The predicted octanol–water partition coefficient (Wildman–Crippen LogP) is -0.775. The lowest BCUT2D eigenvalue weighted by atomic mass is 10.0. The third-order valence-corrected chi connectivity index (χ3v) is 1.98. The molecule has 0 aliphatic carbocycles. The lowest BCUT2D eigenvalue weighted by molar-refractivity contribution is -0.246. The highest BCUT2D eigenvalue weighted by atomic mass is 16.6. The van der Waals surface area contributed by atoms with E-state index in [1.54, 1.807) is 0 Å². The van der Waals surface area contributed by atoms with E-state index < -0.39 is 18.5 Å². The van der Waals surface area contributed by atoms with Crippen LogP contribution >= 0.6 is 0 Å². The Labute approximate surface area is 65.4 Å². The summed E-state index contributed by atoms with van der Waals surface area (Å²) in [5.74, 6) is 0. The van der Waals surface area contributed by atoms with E-state index in [1.807, 2.05) is 6.92 Å². The van der Waals surface area contributed by atoms with Crippen LogP contribution in [-0.2, 0) is 4.74 Å². The molecule has 1 saturated heterocycles. The molecule has 0 saturated carbocycles. The second kappa shape index (κ2) is 3.49. The third kappa shape index (κ3) is 1.90. The average molecular weight is 162 g/mol. The van der Waals surface area contributed by atoms with E-state index in [0.29, 0.717) is 6.42 Å². The fraction of sp³-hybridized carbons (Fsp3) is 1.00. The highest BCUT2D eigenvalue weighted by Gasteiger charge is 2.34. The second-order valence-corrected chi connectivity index (χ2v) is 2.85. The van der Waals surface area contributed by atoms with Crippen LogP contribution in [0.25, 0.3) is 0 Å². The number of rotatable bonds is 1. The summed E-state index contributed by atoms with van der Waals surface area (Å²) in [5.41, 5.74) is 0. The van der Waals surface area contributed by atoms with Crippen molar-refractivity contribution < 1.29 is 20.1 Å². The van der Waals surface area contributed by atoms with E-state index in [0.717, 1.165) is 6.42 Å². The standard InChI is InChI=1S/C7H14O4/c1-2-4-3-5(8)6(9)7(10)11-4/h4-10H,2-3H2,1H3/t4-,5+,6+,7+/m1/s1. The van der Waals surface area contributed by atoms with Crippen molar-refractivity contribution in [3.05, 3.63) is 0 Å². The Bertz CT molecular complexity index is 116. The molecule has 1 heterocycles. The molecule has 0 radical (unpaired) electrons. The van der Waals surface area contributed by atoms with Gasteiger partial charge in [-0.2, -0.15) is 0 Å². The Balaban J connectivity index is 2.47. The van der Waals surface area contributed by atoms with Crippen molar-refractivity contribution in [2.75, 3.05) is 0 Å². The molecular formula is C7H14O4. The van der Waals surface area contributed by atoms with Gasteiger partial charge in [0.2, 0.25) is 0 Å². The van der Waals surface area contributed by atoms with Crippen LogP contribution in [0.3, 0.4) is 0 Å². The van der Waals surface area contributed by atoms with Crippen molar-refractivity contribution in [1.29, 1.82) is 0 Å². The molecule has 0 aromatic carbocycles. The van der Waals surface area contributed by atoms with Gasteiger partial charge in [0, 0.05) is 6.42 Å². The van der Waals surface area contributed by atoms with Crippen molar-refractivity contribution in [3.8, 4) is 0 Å². The maximum Gasteiger partial charge on any atom is 0.183 e. The Hall–Kier alpha value is -0.160. The van der Waals surface area contributed by atoms with Crippen molar-refractivity contribution in [1.82, 2.24) is 0 Å². The molecule has 1 aliphatic rings. The summed E-state index contributed by atoms with van der Waals surface area (Å²) in [6.45, 7) is 1.90. The van der Waals surface area contributed by atoms with Crippen LogP contribution in [0.1, 0.15) is 19.8 Å². The van der Waals surface area contributed by atoms with Gasteiger partial charge in [0.15, 0.2) is 6.29 Å². The first kappa shape index (κ1) is 8.93. The predicted molar refractivity (Wildman–Crippen MR) is 37.8 cm³/mol. The Morgan fingerprint density at radius 2 is 2.00 bits per heavy atom. The van der Waals surface area contributed by atoms with E-state index in [1.165, 1.54) is 0 Å². The lowest BCUT2D eigenvalue weighted by Gasteiger charge is -2.33. The number of aliphatic hydroxyl groups excluding tert-OH is 3. The zero-order valence-corrected chi connectivity index (χ0v) is 6.47. The molecule has 3 N–H and O–H groups in total. The smallest absolute Gasteiger partial charge is 0.183 e. The van der Waals surface area contributed by atoms with Crippen LogP contribution < -0.4 is 0 Å². The Morgan fingerprint density at radius 3 is 2.45 bits per heavy atom. The normalized spacial score (nSPS) is 45.8. The monoisotopic (exact) mass is 162 g/mol. The van der Waals surface area contributed by atoms with Gasteiger partial charge in [0.05, 0.1) is 12.2 Å². The highest BCUT2D eigenvalue weighted by Crippen LogP contribution is 2.20. The van der Waals surface area contributed by atoms with E-state index in [4.69, 9.17) is 20.1 Å². The highest BCUT2D eigenvalue weighted by molar-refractivity contribution is 4.79. The summed E-state index contributed by atoms with van der Waals surface area (Å²) >= 11 is 0. The van der Waals surface area contributed by atoms with Gasteiger partial charge in [-0.25, -0.2) is 0 Å². The quantitative estimate of drug-likeness (QED) is 0.473. The zero-order chi connectivity index (χ0) is 8.43. The summed E-state index contributed by atoms with van der Waals surface area (Å²) in [6, 6.07) is 0. The minimum atomic E-state index is -1.23. The average Bonchev–Trinajstić information content (AvgIpc) is 1.99. The molecule has 0 unspecified atom stereocenters. The molecule has 0 spiro atoms. The third-order valence-electron chi connectivity index (χ3n) is 1.98. The van der Waals surface area contributed by atoms with Gasteiger partial charge in [-0.05, 0) is 6.42 Å².